The highest BCUT2D eigenvalue weighted by Crippen LogP contribution is 2.32. The Kier molecular flexibility index (Phi) is 17.9. The summed E-state index contributed by atoms with van der Waals surface area (Å²) >= 11 is 1.77. The number of carboxylic acids is 3. The van der Waals surface area contributed by atoms with E-state index in [4.69, 9.17) is 29.7 Å². The lowest BCUT2D eigenvalue weighted by Crippen LogP contribution is -2.43. The standard InChI is InChI=1S/C19H27N5OS.3C2HF3O2/c1-24(2)9-10-26-18-11-14(15-12-21-22-13-15)6-7-16(18)23-19(25)17-5-3-4-8-20-17;3*3-2(4,5)1(6)7/h6-7,11-13,17,20H,3-5,8-10H2,1-2H3,(H,21,22)(H,23,25);3*(H,6,7)/t17-;;;/m1.../s1. The molecule has 1 atom stereocenters. The summed E-state index contributed by atoms with van der Waals surface area (Å²) in [4.78, 5) is 42.6. The van der Waals surface area contributed by atoms with Gasteiger partial charge in [-0.2, -0.15) is 44.6 Å². The Bertz CT molecular complexity index is 1230. The number of carbonyl (C=O) groups is 4. The van der Waals surface area contributed by atoms with E-state index in [0.717, 1.165) is 59.8 Å². The van der Waals surface area contributed by atoms with Gasteiger partial charge in [-0.15, -0.1) is 11.8 Å². The summed E-state index contributed by atoms with van der Waals surface area (Å²) in [6.45, 7) is 1.90. The fourth-order valence-corrected chi connectivity index (χ4v) is 4.13. The van der Waals surface area contributed by atoms with Crippen molar-refractivity contribution in [3.05, 3.63) is 30.6 Å². The van der Waals surface area contributed by atoms with Gasteiger partial charge in [0.15, 0.2) is 0 Å². The van der Waals surface area contributed by atoms with Crippen molar-refractivity contribution in [2.45, 2.75) is 48.7 Å². The summed E-state index contributed by atoms with van der Waals surface area (Å²) < 4.78 is 95.2. The quantitative estimate of drug-likeness (QED) is 0.172. The number of hydrogen-bond donors (Lipinski definition) is 6. The summed E-state index contributed by atoms with van der Waals surface area (Å²) in [5.74, 6) is -7.24. The first-order chi connectivity index (χ1) is 21.5. The van der Waals surface area contributed by atoms with Crippen LogP contribution in [0.5, 0.6) is 0 Å². The summed E-state index contributed by atoms with van der Waals surface area (Å²) in [6.07, 6.45) is -8.40. The van der Waals surface area contributed by atoms with Gasteiger partial charge in [-0.05, 0) is 51.2 Å². The number of nitrogens with zero attached hydrogens (tertiary/aromatic N) is 2. The molecule has 0 radical (unpaired) electrons. The number of nitrogens with one attached hydrogen (secondary N) is 3. The summed E-state index contributed by atoms with van der Waals surface area (Å²) in [6, 6.07) is 6.08. The van der Waals surface area contributed by atoms with Crippen molar-refractivity contribution in [3.63, 3.8) is 0 Å². The highest BCUT2D eigenvalue weighted by atomic mass is 32.2. The molecule has 1 saturated heterocycles. The number of H-pyrrole nitrogens is 1. The molecule has 47 heavy (non-hydrogen) atoms. The van der Waals surface area contributed by atoms with Crippen LogP contribution in [0.1, 0.15) is 19.3 Å². The fraction of sp³-hybridized carbons (Fsp3) is 0.480. The van der Waals surface area contributed by atoms with Crippen molar-refractivity contribution < 1.29 is 74.0 Å². The van der Waals surface area contributed by atoms with Crippen molar-refractivity contribution in [1.29, 1.82) is 0 Å². The second-order valence-corrected chi connectivity index (χ2v) is 10.4. The molecule has 1 aromatic heterocycles. The highest BCUT2D eigenvalue weighted by molar-refractivity contribution is 7.99. The minimum absolute atomic E-state index is 0.0650. The van der Waals surface area contributed by atoms with Gasteiger partial charge in [0.1, 0.15) is 0 Å². The van der Waals surface area contributed by atoms with Crippen molar-refractivity contribution in [3.8, 4) is 11.1 Å². The molecule has 1 aliphatic rings. The first kappa shape index (κ1) is 43.0. The fourth-order valence-electron chi connectivity index (χ4n) is 2.97. The molecule has 0 aliphatic carbocycles. The Morgan fingerprint density at radius 2 is 1.40 bits per heavy atom. The number of aromatic nitrogens is 2. The molecule has 1 aliphatic heterocycles. The molecule has 12 nitrogen and oxygen atoms in total. The number of aromatic amines is 1. The van der Waals surface area contributed by atoms with Gasteiger partial charge < -0.3 is 30.9 Å². The summed E-state index contributed by atoms with van der Waals surface area (Å²) in [7, 11) is 4.14. The Morgan fingerprint density at radius 1 is 0.894 bits per heavy atom. The second-order valence-electron chi connectivity index (χ2n) is 9.25. The van der Waals surface area contributed by atoms with Crippen LogP contribution < -0.4 is 10.6 Å². The molecule has 266 valence electrons. The number of alkyl halides is 9. The zero-order valence-electron chi connectivity index (χ0n) is 24.4. The van der Waals surface area contributed by atoms with Gasteiger partial charge in [0, 0.05) is 29.0 Å². The Morgan fingerprint density at radius 3 is 1.79 bits per heavy atom. The largest absolute Gasteiger partial charge is 0.490 e. The number of amides is 1. The molecule has 0 unspecified atom stereocenters. The van der Waals surface area contributed by atoms with E-state index < -0.39 is 36.4 Å². The predicted octanol–water partition coefficient (Wildman–Crippen LogP) is 4.71. The maximum atomic E-state index is 12.6. The van der Waals surface area contributed by atoms with Gasteiger partial charge in [0.05, 0.1) is 17.9 Å². The average molecular weight is 716 g/mol. The minimum Gasteiger partial charge on any atom is -0.475 e. The molecule has 2 heterocycles. The molecular weight excluding hydrogens is 685 g/mol. The molecule has 22 heteroatoms. The Hall–Kier alpha value is -4.05. The van der Waals surface area contributed by atoms with E-state index in [2.05, 4.69) is 45.9 Å². The number of hydrogen-bond acceptors (Lipinski definition) is 8. The minimum atomic E-state index is -5.08. The van der Waals surface area contributed by atoms with Gasteiger partial charge in [-0.3, -0.25) is 9.89 Å². The van der Waals surface area contributed by atoms with E-state index >= 15 is 0 Å². The number of benzene rings is 1. The monoisotopic (exact) mass is 715 g/mol. The number of halogens is 9. The normalized spacial score (nSPS) is 14.7. The Balaban J connectivity index is 0.000000820. The van der Waals surface area contributed by atoms with Crippen molar-refractivity contribution in [2.75, 3.05) is 38.3 Å². The molecule has 2 aromatic rings. The first-order valence-electron chi connectivity index (χ1n) is 12.8. The molecule has 0 spiro atoms. The number of piperidine rings is 1. The average Bonchev–Trinajstić information content (AvgIpc) is 3.49. The van der Waals surface area contributed by atoms with Crippen LogP contribution in [0.15, 0.2) is 35.5 Å². The van der Waals surface area contributed by atoms with Crippen molar-refractivity contribution in [1.82, 2.24) is 20.4 Å². The lowest BCUT2D eigenvalue weighted by Gasteiger charge is -2.23. The molecule has 0 saturated carbocycles. The molecule has 6 N–H and O–H groups in total. The molecule has 1 fully saturated rings. The van der Waals surface area contributed by atoms with E-state index in [-0.39, 0.29) is 11.9 Å². The third-order valence-corrected chi connectivity index (χ3v) is 6.26. The zero-order valence-corrected chi connectivity index (χ0v) is 25.2. The first-order valence-corrected chi connectivity index (χ1v) is 13.8. The van der Waals surface area contributed by atoms with Gasteiger partial charge in [-0.1, -0.05) is 12.5 Å². The SMILES string of the molecule is CN(C)CCSc1cc(-c2cn[nH]c2)ccc1NC(=O)[C@H]1CCCCN1.O=C(O)C(F)(F)F.O=C(O)C(F)(F)F.O=C(O)C(F)(F)F. The number of aliphatic carboxylic acids is 3. The zero-order chi connectivity index (χ0) is 36.6. The molecule has 1 amide bonds. The Labute approximate surface area is 264 Å². The van der Waals surface area contributed by atoms with Crippen LogP contribution in [0.4, 0.5) is 45.2 Å². The topological polar surface area (TPSA) is 185 Å². The van der Waals surface area contributed by atoms with Crippen molar-refractivity contribution in [2.24, 2.45) is 0 Å². The molecular formula is C25H30F9N5O7S. The van der Waals surface area contributed by atoms with Crippen LogP contribution >= 0.6 is 11.8 Å². The number of thioether (sulfide) groups is 1. The number of rotatable bonds is 7. The van der Waals surface area contributed by atoms with Crippen LogP contribution in [-0.4, -0.2) is 112 Å². The number of carboxylic acid groups (broad SMARTS) is 3. The third kappa shape index (κ3) is 18.6. The van der Waals surface area contributed by atoms with Crippen LogP contribution in [0.2, 0.25) is 0 Å². The van der Waals surface area contributed by atoms with E-state index in [1.165, 1.54) is 0 Å². The summed E-state index contributed by atoms with van der Waals surface area (Å²) in [5, 5.41) is 34.7. The maximum Gasteiger partial charge on any atom is 0.490 e. The van der Waals surface area contributed by atoms with Crippen LogP contribution in [0, 0.1) is 0 Å². The van der Waals surface area contributed by atoms with Gasteiger partial charge in [0.2, 0.25) is 5.91 Å². The summed E-state index contributed by atoms with van der Waals surface area (Å²) in [5.41, 5.74) is 3.03. The molecule has 0 bridgehead atoms. The van der Waals surface area contributed by atoms with Crippen LogP contribution in [-0.2, 0) is 19.2 Å². The van der Waals surface area contributed by atoms with Gasteiger partial charge in [0.25, 0.3) is 0 Å². The van der Waals surface area contributed by atoms with E-state index in [9.17, 15) is 44.3 Å². The molecule has 1 aromatic carbocycles. The highest BCUT2D eigenvalue weighted by Gasteiger charge is 2.39. The number of carbonyl (C=O) groups excluding carboxylic acids is 1. The lowest BCUT2D eigenvalue weighted by molar-refractivity contribution is -0.193. The van der Waals surface area contributed by atoms with Crippen molar-refractivity contribution >= 4 is 41.3 Å². The lowest BCUT2D eigenvalue weighted by atomic mass is 10.0. The molecule has 3 rings (SSSR count). The predicted molar refractivity (Wildman–Crippen MR) is 149 cm³/mol. The second kappa shape index (κ2) is 19.6. The van der Waals surface area contributed by atoms with Crippen LogP contribution in [0.3, 0.4) is 0 Å². The van der Waals surface area contributed by atoms with Gasteiger partial charge >= 0.3 is 36.4 Å². The van der Waals surface area contributed by atoms with E-state index in [1.54, 1.807) is 11.8 Å². The maximum absolute atomic E-state index is 12.6. The smallest absolute Gasteiger partial charge is 0.475 e. The number of anilines is 1. The van der Waals surface area contributed by atoms with E-state index in [0.29, 0.717) is 0 Å². The van der Waals surface area contributed by atoms with Gasteiger partial charge in [-0.25, -0.2) is 14.4 Å². The van der Waals surface area contributed by atoms with Crippen LogP contribution in [0.25, 0.3) is 11.1 Å². The third-order valence-electron chi connectivity index (χ3n) is 5.22. The van der Waals surface area contributed by atoms with E-state index in [1.807, 2.05) is 24.5 Å².